The predicted octanol–water partition coefficient (Wildman–Crippen LogP) is 7.81. The van der Waals surface area contributed by atoms with Gasteiger partial charge in [-0.1, -0.05) is 151 Å². The van der Waals surface area contributed by atoms with Crippen LogP contribution < -0.4 is 30.3 Å². The second-order valence-electron chi connectivity index (χ2n) is 16.7. The van der Waals surface area contributed by atoms with E-state index in [1.807, 2.05) is 0 Å². The number of hydrogen-bond donors (Lipinski definition) is 2. The van der Waals surface area contributed by atoms with Crippen molar-refractivity contribution in [3.8, 4) is 11.5 Å². The Bertz CT molecular complexity index is 1480. The van der Waals surface area contributed by atoms with E-state index in [0.29, 0.717) is 12.1 Å². The molecule has 0 aliphatic carbocycles. The Labute approximate surface area is 265 Å². The van der Waals surface area contributed by atoms with Gasteiger partial charge >= 0.3 is 0 Å². The third-order valence-electron chi connectivity index (χ3n) is 9.25. The van der Waals surface area contributed by atoms with Crippen LogP contribution in [0, 0.1) is 0 Å². The highest BCUT2D eigenvalue weighted by atomic mass is 28.3. The molecule has 5 heteroatoms. The molecule has 3 aromatic rings. The van der Waals surface area contributed by atoms with E-state index in [2.05, 4.69) is 167 Å². The van der Waals surface area contributed by atoms with Gasteiger partial charge in [0, 0.05) is 21.7 Å². The highest BCUT2D eigenvalue weighted by Crippen LogP contribution is 2.49. The van der Waals surface area contributed by atoms with Crippen molar-refractivity contribution in [1.29, 1.82) is 0 Å². The molecule has 1 atom stereocenters. The van der Waals surface area contributed by atoms with Crippen LogP contribution in [0.5, 0.6) is 11.5 Å². The number of ether oxygens (including phenoxy) is 1. The lowest BCUT2D eigenvalue weighted by atomic mass is 9.72. The van der Waals surface area contributed by atoms with Crippen molar-refractivity contribution in [2.45, 2.75) is 131 Å². The van der Waals surface area contributed by atoms with Crippen molar-refractivity contribution < 1.29 is 4.74 Å². The Hall–Kier alpha value is -2.19. The van der Waals surface area contributed by atoms with Crippen LogP contribution in [-0.2, 0) is 16.2 Å². The molecular weight excluding hydrogens is 557 g/mol. The second-order valence-corrected chi connectivity index (χ2v) is 24.5. The van der Waals surface area contributed by atoms with Crippen LogP contribution in [0.1, 0.15) is 105 Å². The number of nitrogens with one attached hydrogen (secondary N) is 2. The lowest BCUT2D eigenvalue weighted by Gasteiger charge is -2.43. The van der Waals surface area contributed by atoms with Gasteiger partial charge in [-0.2, -0.15) is 0 Å². The van der Waals surface area contributed by atoms with Crippen molar-refractivity contribution in [3.05, 3.63) is 76.9 Å². The molecule has 0 amide bonds. The van der Waals surface area contributed by atoms with E-state index in [0.717, 1.165) is 11.5 Å². The Morgan fingerprint density at radius 2 is 1.09 bits per heavy atom. The van der Waals surface area contributed by atoms with E-state index < -0.39 is 16.5 Å². The molecule has 0 bridgehead atoms. The molecule has 0 saturated heterocycles. The van der Waals surface area contributed by atoms with Gasteiger partial charge in [0.1, 0.15) is 11.5 Å². The zero-order chi connectivity index (χ0) is 32.3. The molecule has 0 aromatic heterocycles. The molecule has 2 N–H and O–H groups in total. The van der Waals surface area contributed by atoms with Crippen molar-refractivity contribution in [2.75, 3.05) is 0 Å². The SMILES string of the molecule is CC(C)N[Si](C)(C)c1cc(C(C)(C)C)cc2c1Oc1c(cc(C(C)(C)C)cc1[Si](C)(NC(C)C)c1ccccc1)C2(C)C. The van der Waals surface area contributed by atoms with Gasteiger partial charge in [0.2, 0.25) is 0 Å². The van der Waals surface area contributed by atoms with E-state index >= 15 is 0 Å². The number of rotatable bonds is 7. The van der Waals surface area contributed by atoms with Crippen LogP contribution in [0.4, 0.5) is 0 Å². The smallest absolute Gasteiger partial charge is 0.191 e. The van der Waals surface area contributed by atoms with E-state index in [4.69, 9.17) is 4.74 Å². The van der Waals surface area contributed by atoms with Gasteiger partial charge in [-0.25, -0.2) is 0 Å². The van der Waals surface area contributed by atoms with Gasteiger partial charge in [0.25, 0.3) is 0 Å². The summed E-state index contributed by atoms with van der Waals surface area (Å²) in [7, 11) is -4.54. The monoisotopic (exact) mass is 614 g/mol. The summed E-state index contributed by atoms with van der Waals surface area (Å²) in [5.41, 5.74) is 5.15. The van der Waals surface area contributed by atoms with Crippen LogP contribution >= 0.6 is 0 Å². The molecule has 1 heterocycles. The second kappa shape index (κ2) is 11.3. The summed E-state index contributed by atoms with van der Waals surface area (Å²) >= 11 is 0. The highest BCUT2D eigenvalue weighted by molar-refractivity contribution is 7.00. The summed E-state index contributed by atoms with van der Waals surface area (Å²) in [6, 6.07) is 21.7. The van der Waals surface area contributed by atoms with E-state index in [1.165, 1.54) is 37.8 Å². The molecule has 1 aliphatic heterocycles. The van der Waals surface area contributed by atoms with Gasteiger partial charge in [-0.15, -0.1) is 0 Å². The Kier molecular flexibility index (Phi) is 8.87. The molecule has 1 aliphatic rings. The van der Waals surface area contributed by atoms with Crippen molar-refractivity contribution in [1.82, 2.24) is 9.96 Å². The fourth-order valence-electron chi connectivity index (χ4n) is 6.82. The van der Waals surface area contributed by atoms with Crippen molar-refractivity contribution in [3.63, 3.8) is 0 Å². The fourth-order valence-corrected chi connectivity index (χ4v) is 13.4. The predicted molar refractivity (Wildman–Crippen MR) is 193 cm³/mol. The molecule has 0 spiro atoms. The Balaban J connectivity index is 2.14. The molecule has 43 heavy (non-hydrogen) atoms. The van der Waals surface area contributed by atoms with Crippen molar-refractivity contribution >= 4 is 32.0 Å². The van der Waals surface area contributed by atoms with Gasteiger partial charge in [0.05, 0.1) is 0 Å². The molecule has 0 fully saturated rings. The summed E-state index contributed by atoms with van der Waals surface area (Å²) in [5, 5.41) is 4.09. The van der Waals surface area contributed by atoms with Crippen LogP contribution in [-0.4, -0.2) is 28.6 Å². The molecular formula is C38H58N2OSi2. The maximum atomic E-state index is 7.42. The van der Waals surface area contributed by atoms with Gasteiger partial charge in [-0.05, 0) is 51.0 Å². The lowest BCUT2D eigenvalue weighted by molar-refractivity contribution is 0.420. The first-order valence-electron chi connectivity index (χ1n) is 16.3. The van der Waals surface area contributed by atoms with E-state index in [9.17, 15) is 0 Å². The normalized spacial score (nSPS) is 16.5. The summed E-state index contributed by atoms with van der Waals surface area (Å²) < 4.78 is 7.42. The first-order valence-corrected chi connectivity index (χ1v) is 21.8. The maximum Gasteiger partial charge on any atom is 0.191 e. The van der Waals surface area contributed by atoms with Crippen LogP contribution in [0.2, 0.25) is 19.6 Å². The Morgan fingerprint density at radius 3 is 1.53 bits per heavy atom. The minimum absolute atomic E-state index is 0.00151. The van der Waals surface area contributed by atoms with Crippen LogP contribution in [0.3, 0.4) is 0 Å². The topological polar surface area (TPSA) is 33.3 Å². The summed E-state index contributed by atoms with van der Waals surface area (Å²) in [5.74, 6) is 2.14. The van der Waals surface area contributed by atoms with Crippen LogP contribution in [0.25, 0.3) is 0 Å². The molecule has 3 aromatic carbocycles. The standard InChI is InChI=1S/C38H58N2OSi2/c1-25(2)39-42(13,14)32-23-27(36(5,6)7)21-30-34(32)41-35-31(38(30,11)12)22-28(37(8,9)10)24-33(35)43(15,40-26(3)4)29-19-17-16-18-20-29/h16-26,39-40H,1-15H3. The average Bonchev–Trinajstić information content (AvgIpc) is 2.86. The lowest BCUT2D eigenvalue weighted by Crippen LogP contribution is -2.69. The van der Waals surface area contributed by atoms with Gasteiger partial charge in [0.15, 0.2) is 16.5 Å². The molecule has 1 unspecified atom stereocenters. The summed E-state index contributed by atoms with van der Waals surface area (Å²) in [6.07, 6.45) is 0. The summed E-state index contributed by atoms with van der Waals surface area (Å²) in [4.78, 5) is 8.12. The first-order chi connectivity index (χ1) is 19.6. The van der Waals surface area contributed by atoms with Crippen LogP contribution in [0.15, 0.2) is 54.6 Å². The third-order valence-corrected chi connectivity index (χ3v) is 16.4. The fraction of sp³-hybridized carbons (Fsp3) is 0.526. The molecule has 0 radical (unpaired) electrons. The third kappa shape index (κ3) is 6.47. The minimum atomic E-state index is -2.45. The van der Waals surface area contributed by atoms with Gasteiger partial charge < -0.3 is 14.7 Å². The maximum absolute atomic E-state index is 7.42. The Morgan fingerprint density at radius 1 is 0.651 bits per heavy atom. The first kappa shape index (κ1) is 33.7. The minimum Gasteiger partial charge on any atom is -0.457 e. The zero-order valence-corrected chi connectivity index (χ0v) is 31.8. The number of fused-ring (bicyclic) bond motifs is 2. The molecule has 234 valence electrons. The van der Waals surface area contributed by atoms with E-state index in [-0.39, 0.29) is 16.2 Å². The quantitative estimate of drug-likeness (QED) is 0.266. The van der Waals surface area contributed by atoms with E-state index in [1.54, 1.807) is 0 Å². The van der Waals surface area contributed by atoms with Gasteiger partial charge in [-0.3, -0.25) is 0 Å². The largest absolute Gasteiger partial charge is 0.457 e. The molecule has 4 rings (SSSR count). The molecule has 0 saturated carbocycles. The highest BCUT2D eigenvalue weighted by Gasteiger charge is 2.45. The number of benzene rings is 3. The average molecular weight is 615 g/mol. The zero-order valence-electron chi connectivity index (χ0n) is 29.8. The van der Waals surface area contributed by atoms with Crippen molar-refractivity contribution in [2.24, 2.45) is 0 Å². The molecule has 3 nitrogen and oxygen atoms in total. The number of hydrogen-bond acceptors (Lipinski definition) is 3. The summed E-state index contributed by atoms with van der Waals surface area (Å²) in [6.45, 7) is 35.2.